The molecule has 0 amide bonds. The summed E-state index contributed by atoms with van der Waals surface area (Å²) >= 11 is 0. The van der Waals surface area contributed by atoms with Gasteiger partial charge in [0.25, 0.3) is 0 Å². The fourth-order valence-electron chi connectivity index (χ4n) is 4.87. The minimum absolute atomic E-state index is 0.197. The summed E-state index contributed by atoms with van der Waals surface area (Å²) in [4.78, 5) is 24.0. The second-order valence-electron chi connectivity index (χ2n) is 7.02. The zero-order valence-electron chi connectivity index (χ0n) is 14.3. The summed E-state index contributed by atoms with van der Waals surface area (Å²) in [6.07, 6.45) is 3.21. The Morgan fingerprint density at radius 2 is 2.04 bits per heavy atom. The van der Waals surface area contributed by atoms with Gasteiger partial charge < -0.3 is 24.1 Å². The van der Waals surface area contributed by atoms with Crippen LogP contribution in [0.3, 0.4) is 0 Å². The van der Waals surface area contributed by atoms with Crippen molar-refractivity contribution in [1.82, 2.24) is 0 Å². The Kier molecular flexibility index (Phi) is 3.97. The molecule has 4 rings (SSSR count). The number of hydrogen-bond acceptors (Lipinski definition) is 7. The van der Waals surface area contributed by atoms with E-state index in [0.717, 1.165) is 5.57 Å². The number of fused-ring (bicyclic) bond motifs is 2. The maximum atomic E-state index is 12.3. The largest absolute Gasteiger partial charge is 0.466 e. The third-order valence-electron chi connectivity index (χ3n) is 5.79. The van der Waals surface area contributed by atoms with Crippen LogP contribution >= 0.6 is 0 Å². The van der Waals surface area contributed by atoms with E-state index in [1.165, 1.54) is 14.0 Å². The molecule has 2 fully saturated rings. The number of hydrogen-bond donors (Lipinski definition) is 1. The van der Waals surface area contributed by atoms with Crippen LogP contribution < -0.4 is 0 Å². The van der Waals surface area contributed by atoms with Crippen molar-refractivity contribution in [1.29, 1.82) is 0 Å². The van der Waals surface area contributed by atoms with Crippen LogP contribution in [0.5, 0.6) is 0 Å². The predicted octanol–water partition coefficient (Wildman–Crippen LogP) is 0.717. The number of aliphatic hydroxyl groups excluding tert-OH is 1. The predicted molar refractivity (Wildman–Crippen MR) is 84.1 cm³/mol. The van der Waals surface area contributed by atoms with Crippen LogP contribution in [0, 0.1) is 17.8 Å². The van der Waals surface area contributed by atoms with Gasteiger partial charge in [0.2, 0.25) is 0 Å². The minimum Gasteiger partial charge on any atom is -0.466 e. The van der Waals surface area contributed by atoms with Gasteiger partial charge in [-0.3, -0.25) is 4.79 Å². The zero-order chi connectivity index (χ0) is 17.8. The Morgan fingerprint density at radius 3 is 2.68 bits per heavy atom. The number of ether oxygens (including phenoxy) is 4. The molecule has 25 heavy (non-hydrogen) atoms. The molecule has 1 spiro atoms. The maximum Gasteiger partial charge on any atom is 0.333 e. The smallest absolute Gasteiger partial charge is 0.333 e. The zero-order valence-corrected chi connectivity index (χ0v) is 14.3. The molecular weight excluding hydrogens is 328 g/mol. The highest BCUT2D eigenvalue weighted by Crippen LogP contribution is 2.56. The molecule has 1 saturated carbocycles. The second-order valence-corrected chi connectivity index (χ2v) is 7.02. The van der Waals surface area contributed by atoms with Gasteiger partial charge in [0, 0.05) is 36.7 Å². The molecule has 1 unspecified atom stereocenters. The van der Waals surface area contributed by atoms with Gasteiger partial charge in [-0.2, -0.15) is 0 Å². The highest BCUT2D eigenvalue weighted by Gasteiger charge is 2.60. The van der Waals surface area contributed by atoms with Crippen molar-refractivity contribution >= 4 is 11.9 Å². The summed E-state index contributed by atoms with van der Waals surface area (Å²) in [6.45, 7) is 2.23. The van der Waals surface area contributed by atoms with Gasteiger partial charge >= 0.3 is 11.9 Å². The molecule has 0 aromatic rings. The molecular formula is C18H22O7. The summed E-state index contributed by atoms with van der Waals surface area (Å²) < 4.78 is 22.4. The topological polar surface area (TPSA) is 91.3 Å². The molecule has 1 N–H and O–H groups in total. The Morgan fingerprint density at radius 1 is 1.32 bits per heavy atom. The number of aliphatic hydroxyl groups is 1. The van der Waals surface area contributed by atoms with Crippen LogP contribution in [0.2, 0.25) is 0 Å². The van der Waals surface area contributed by atoms with Crippen molar-refractivity contribution in [2.24, 2.45) is 17.8 Å². The van der Waals surface area contributed by atoms with Crippen LogP contribution in [0.15, 0.2) is 23.3 Å². The number of carbonyl (C=O) groups is 2. The van der Waals surface area contributed by atoms with E-state index in [1.807, 2.05) is 6.08 Å². The lowest BCUT2D eigenvalue weighted by molar-refractivity contribution is -0.159. The van der Waals surface area contributed by atoms with Gasteiger partial charge in [-0.15, -0.1) is 0 Å². The van der Waals surface area contributed by atoms with Crippen LogP contribution in [0.4, 0.5) is 0 Å². The summed E-state index contributed by atoms with van der Waals surface area (Å²) in [5.41, 5.74) is 1.32. The standard InChI is InChI=1S/C18H22O7/c1-9(19)25-16-12-7-11-10(17(21)22-2)3-4-18(23-5-6-24-18)13(15(11)16)8-14(12)20/h3,8,11-12,14-16,20H,4-7H2,1-2H3/t11-,12+,14-,15-,16?/m0/s1. The van der Waals surface area contributed by atoms with E-state index >= 15 is 0 Å². The second kappa shape index (κ2) is 5.93. The summed E-state index contributed by atoms with van der Waals surface area (Å²) in [5.74, 6) is -2.52. The number of methoxy groups -OCH3 is 1. The quantitative estimate of drug-likeness (QED) is 0.579. The van der Waals surface area contributed by atoms with Crippen molar-refractivity contribution in [3.8, 4) is 0 Å². The van der Waals surface area contributed by atoms with E-state index in [0.29, 0.717) is 31.6 Å². The van der Waals surface area contributed by atoms with E-state index in [9.17, 15) is 14.7 Å². The van der Waals surface area contributed by atoms with Crippen LogP contribution in [-0.2, 0) is 28.5 Å². The first kappa shape index (κ1) is 16.8. The number of esters is 2. The van der Waals surface area contributed by atoms with Crippen molar-refractivity contribution in [3.05, 3.63) is 23.3 Å². The van der Waals surface area contributed by atoms with Gasteiger partial charge in [0.05, 0.1) is 26.4 Å². The maximum absolute atomic E-state index is 12.3. The van der Waals surface area contributed by atoms with Crippen molar-refractivity contribution in [2.75, 3.05) is 20.3 Å². The van der Waals surface area contributed by atoms with E-state index in [-0.39, 0.29) is 17.8 Å². The van der Waals surface area contributed by atoms with Gasteiger partial charge in [-0.1, -0.05) is 12.2 Å². The monoisotopic (exact) mass is 350 g/mol. The van der Waals surface area contributed by atoms with E-state index in [1.54, 1.807) is 6.08 Å². The Balaban J connectivity index is 1.83. The SMILES string of the molecule is COC(=O)C1=CCC2(OCCO2)C2=C[C@H](O)[C@H]3C[C@@H]1[C@@H]2C3OC(C)=O. The molecule has 7 heteroatoms. The average Bonchev–Trinajstić information content (AvgIpc) is 3.11. The summed E-state index contributed by atoms with van der Waals surface area (Å²) in [5, 5.41) is 10.6. The Bertz CT molecular complexity index is 658. The highest BCUT2D eigenvalue weighted by atomic mass is 16.7. The third kappa shape index (κ3) is 2.45. The first-order valence-electron chi connectivity index (χ1n) is 8.60. The van der Waals surface area contributed by atoms with Crippen molar-refractivity contribution < 1.29 is 33.6 Å². The Hall–Kier alpha value is -1.70. The van der Waals surface area contributed by atoms with Gasteiger partial charge in [-0.05, 0) is 12.0 Å². The van der Waals surface area contributed by atoms with Crippen molar-refractivity contribution in [2.45, 2.75) is 37.8 Å². The van der Waals surface area contributed by atoms with Gasteiger partial charge in [-0.25, -0.2) is 4.79 Å². The highest BCUT2D eigenvalue weighted by molar-refractivity contribution is 5.89. The van der Waals surface area contributed by atoms with Gasteiger partial charge in [0.15, 0.2) is 5.79 Å². The van der Waals surface area contributed by atoms with Crippen LogP contribution in [0.1, 0.15) is 19.8 Å². The first-order valence-corrected chi connectivity index (χ1v) is 8.60. The molecule has 2 bridgehead atoms. The molecule has 0 aromatic heterocycles. The van der Waals surface area contributed by atoms with E-state index in [2.05, 4.69) is 0 Å². The molecule has 136 valence electrons. The fourth-order valence-corrected chi connectivity index (χ4v) is 4.87. The lowest BCUT2D eigenvalue weighted by atomic mass is 9.77. The third-order valence-corrected chi connectivity index (χ3v) is 5.79. The summed E-state index contributed by atoms with van der Waals surface area (Å²) in [7, 11) is 1.35. The average molecular weight is 350 g/mol. The van der Waals surface area contributed by atoms with Gasteiger partial charge in [0.1, 0.15) is 6.10 Å². The van der Waals surface area contributed by atoms with Crippen LogP contribution in [0.25, 0.3) is 0 Å². The normalized spacial score (nSPS) is 38.0. The van der Waals surface area contributed by atoms with Crippen LogP contribution in [-0.4, -0.2) is 55.4 Å². The first-order chi connectivity index (χ1) is 12.0. The van der Waals surface area contributed by atoms with E-state index < -0.39 is 29.9 Å². The molecule has 4 aliphatic rings. The number of rotatable bonds is 2. The molecule has 1 saturated heterocycles. The van der Waals surface area contributed by atoms with E-state index in [4.69, 9.17) is 18.9 Å². The molecule has 3 aliphatic carbocycles. The lowest BCUT2D eigenvalue weighted by Crippen LogP contribution is -2.45. The van der Waals surface area contributed by atoms with Crippen molar-refractivity contribution in [3.63, 3.8) is 0 Å². The lowest BCUT2D eigenvalue weighted by Gasteiger charge is -2.39. The molecule has 5 atom stereocenters. The summed E-state index contributed by atoms with van der Waals surface area (Å²) in [6, 6.07) is 0. The molecule has 1 aliphatic heterocycles. The molecule has 7 nitrogen and oxygen atoms in total. The fraction of sp³-hybridized carbons (Fsp3) is 0.667. The molecule has 0 radical (unpaired) electrons. The molecule has 1 heterocycles. The Labute approximate surface area is 145 Å². The minimum atomic E-state index is -1.01. The number of carbonyl (C=O) groups excluding carboxylic acids is 2. The molecule has 0 aromatic carbocycles.